The van der Waals surface area contributed by atoms with E-state index in [1.165, 1.54) is 11.9 Å². The molecule has 1 aliphatic heterocycles. The lowest BCUT2D eigenvalue weighted by molar-refractivity contribution is -0.144. The number of nitrogens with zero attached hydrogens (tertiary/aromatic N) is 1. The summed E-state index contributed by atoms with van der Waals surface area (Å²) < 4.78 is 0. The van der Waals surface area contributed by atoms with Gasteiger partial charge in [0, 0.05) is 13.0 Å². The van der Waals surface area contributed by atoms with Gasteiger partial charge in [0.1, 0.15) is 11.8 Å². The SMILES string of the molecule is CC(=O)C(S)CC(=O)NN1CCC[C@H]1C(=O)O. The Hall–Kier alpha value is -1.08. The highest BCUT2D eigenvalue weighted by Crippen LogP contribution is 2.15. The third-order valence-corrected chi connectivity index (χ3v) is 3.20. The summed E-state index contributed by atoms with van der Waals surface area (Å²) in [5.74, 6) is -1.51. The maximum Gasteiger partial charge on any atom is 0.322 e. The Balaban J connectivity index is 2.45. The Labute approximate surface area is 105 Å². The van der Waals surface area contributed by atoms with Crippen LogP contribution in [0.2, 0.25) is 0 Å². The largest absolute Gasteiger partial charge is 0.480 e. The Morgan fingerprint density at radius 1 is 1.53 bits per heavy atom. The second-order valence-corrected chi connectivity index (χ2v) is 4.68. The van der Waals surface area contributed by atoms with Gasteiger partial charge in [-0.05, 0) is 19.8 Å². The van der Waals surface area contributed by atoms with Crippen LogP contribution in [-0.4, -0.2) is 45.6 Å². The molecule has 6 nitrogen and oxygen atoms in total. The van der Waals surface area contributed by atoms with Gasteiger partial charge in [0.25, 0.3) is 0 Å². The van der Waals surface area contributed by atoms with Crippen molar-refractivity contribution < 1.29 is 19.5 Å². The molecule has 0 radical (unpaired) electrons. The highest BCUT2D eigenvalue weighted by molar-refractivity contribution is 7.81. The number of hydrogen-bond donors (Lipinski definition) is 3. The van der Waals surface area contributed by atoms with Gasteiger partial charge in [0.2, 0.25) is 5.91 Å². The molecule has 1 amide bonds. The summed E-state index contributed by atoms with van der Waals surface area (Å²) >= 11 is 3.98. The van der Waals surface area contributed by atoms with Crippen LogP contribution in [0.25, 0.3) is 0 Å². The summed E-state index contributed by atoms with van der Waals surface area (Å²) in [6.07, 6.45) is 1.21. The minimum absolute atomic E-state index is 0.0404. The van der Waals surface area contributed by atoms with Crippen LogP contribution < -0.4 is 5.43 Å². The number of aliphatic carboxylic acids is 1. The maximum absolute atomic E-state index is 11.5. The summed E-state index contributed by atoms with van der Waals surface area (Å²) in [6.45, 7) is 1.88. The van der Waals surface area contributed by atoms with E-state index in [4.69, 9.17) is 5.11 Å². The van der Waals surface area contributed by atoms with E-state index in [1.54, 1.807) is 0 Å². The van der Waals surface area contributed by atoms with E-state index in [-0.39, 0.29) is 18.1 Å². The molecular formula is C10H16N2O4S. The lowest BCUT2D eigenvalue weighted by Gasteiger charge is -2.22. The van der Waals surface area contributed by atoms with E-state index in [0.717, 1.165) is 6.42 Å². The van der Waals surface area contributed by atoms with E-state index >= 15 is 0 Å². The first-order valence-corrected chi connectivity index (χ1v) is 5.91. The minimum atomic E-state index is -0.947. The van der Waals surface area contributed by atoms with Crippen molar-refractivity contribution in [1.82, 2.24) is 10.4 Å². The average molecular weight is 260 g/mol. The standard InChI is InChI=1S/C10H16N2O4S/c1-6(13)8(17)5-9(14)11-12-4-2-3-7(12)10(15)16/h7-8,17H,2-5H2,1H3,(H,11,14)(H,15,16)/t7-,8?/m0/s1. The molecule has 17 heavy (non-hydrogen) atoms. The topological polar surface area (TPSA) is 86.7 Å². The molecule has 2 N–H and O–H groups in total. The van der Waals surface area contributed by atoms with Crippen LogP contribution in [-0.2, 0) is 14.4 Å². The quantitative estimate of drug-likeness (QED) is 0.598. The number of ketones is 1. The lowest BCUT2D eigenvalue weighted by Crippen LogP contribution is -2.48. The van der Waals surface area contributed by atoms with Gasteiger partial charge < -0.3 is 5.11 Å². The predicted molar refractivity (Wildman–Crippen MR) is 63.6 cm³/mol. The zero-order valence-corrected chi connectivity index (χ0v) is 10.4. The first-order chi connectivity index (χ1) is 7.91. The fourth-order valence-corrected chi connectivity index (χ4v) is 1.85. The third kappa shape index (κ3) is 4.01. The monoisotopic (exact) mass is 260 g/mol. The zero-order chi connectivity index (χ0) is 13.0. The summed E-state index contributed by atoms with van der Waals surface area (Å²) in [7, 11) is 0. The van der Waals surface area contributed by atoms with E-state index in [1.807, 2.05) is 0 Å². The second kappa shape index (κ2) is 6.02. The molecule has 2 atom stereocenters. The minimum Gasteiger partial charge on any atom is -0.480 e. The number of amides is 1. The molecule has 0 spiro atoms. The molecule has 0 aromatic carbocycles. The number of carbonyl (C=O) groups is 3. The van der Waals surface area contributed by atoms with Gasteiger partial charge in [-0.25, -0.2) is 5.01 Å². The Morgan fingerprint density at radius 2 is 2.18 bits per heavy atom. The molecule has 7 heteroatoms. The molecule has 96 valence electrons. The lowest BCUT2D eigenvalue weighted by atomic mass is 10.2. The predicted octanol–water partition coefficient (Wildman–Crippen LogP) is -0.156. The number of nitrogens with one attached hydrogen (secondary N) is 1. The molecule has 0 aromatic rings. The summed E-state index contributed by atoms with van der Waals surface area (Å²) in [6, 6.07) is -0.672. The molecule has 1 saturated heterocycles. The smallest absolute Gasteiger partial charge is 0.322 e. The van der Waals surface area contributed by atoms with E-state index in [2.05, 4.69) is 18.1 Å². The van der Waals surface area contributed by atoms with Gasteiger partial charge in [-0.1, -0.05) is 0 Å². The normalized spacial score (nSPS) is 22.1. The van der Waals surface area contributed by atoms with Crippen molar-refractivity contribution in [2.75, 3.05) is 6.54 Å². The van der Waals surface area contributed by atoms with E-state index < -0.39 is 17.3 Å². The Morgan fingerprint density at radius 3 is 2.71 bits per heavy atom. The van der Waals surface area contributed by atoms with Crippen molar-refractivity contribution in [3.63, 3.8) is 0 Å². The van der Waals surface area contributed by atoms with Gasteiger partial charge in [-0.3, -0.25) is 19.8 Å². The van der Waals surface area contributed by atoms with Gasteiger partial charge in [-0.15, -0.1) is 0 Å². The zero-order valence-electron chi connectivity index (χ0n) is 9.55. The van der Waals surface area contributed by atoms with Crippen LogP contribution in [0.1, 0.15) is 26.2 Å². The summed E-state index contributed by atoms with van der Waals surface area (Å²) in [4.78, 5) is 33.3. The maximum atomic E-state index is 11.5. The van der Waals surface area contributed by atoms with E-state index in [9.17, 15) is 14.4 Å². The van der Waals surface area contributed by atoms with Crippen LogP contribution in [0.5, 0.6) is 0 Å². The van der Waals surface area contributed by atoms with Crippen molar-refractivity contribution in [2.24, 2.45) is 0 Å². The number of hydrogen-bond acceptors (Lipinski definition) is 5. The third-order valence-electron chi connectivity index (χ3n) is 2.65. The highest BCUT2D eigenvalue weighted by Gasteiger charge is 2.31. The number of Topliss-reactive ketones (excluding diaryl/α,β-unsaturated/α-hetero) is 1. The van der Waals surface area contributed by atoms with Crippen molar-refractivity contribution in [3.8, 4) is 0 Å². The van der Waals surface area contributed by atoms with Crippen molar-refractivity contribution in [2.45, 2.75) is 37.5 Å². The fraction of sp³-hybridized carbons (Fsp3) is 0.700. The number of carboxylic acids is 1. The number of carboxylic acid groups (broad SMARTS) is 1. The van der Waals surface area contributed by atoms with Crippen molar-refractivity contribution in [1.29, 1.82) is 0 Å². The van der Waals surface area contributed by atoms with Crippen LogP contribution in [0.4, 0.5) is 0 Å². The van der Waals surface area contributed by atoms with Gasteiger partial charge in [-0.2, -0.15) is 12.6 Å². The molecule has 0 saturated carbocycles. The van der Waals surface area contributed by atoms with Crippen LogP contribution in [0.15, 0.2) is 0 Å². The van der Waals surface area contributed by atoms with Gasteiger partial charge >= 0.3 is 5.97 Å². The molecule has 1 heterocycles. The van der Waals surface area contributed by atoms with Crippen molar-refractivity contribution in [3.05, 3.63) is 0 Å². The summed E-state index contributed by atoms with van der Waals surface area (Å²) in [5.41, 5.74) is 2.51. The van der Waals surface area contributed by atoms with Crippen LogP contribution in [0.3, 0.4) is 0 Å². The molecular weight excluding hydrogens is 244 g/mol. The summed E-state index contributed by atoms with van der Waals surface area (Å²) in [5, 5.41) is 9.67. The molecule has 1 aliphatic rings. The van der Waals surface area contributed by atoms with Gasteiger partial charge in [0.15, 0.2) is 0 Å². The Kier molecular flexibility index (Phi) is 4.95. The molecule has 0 bridgehead atoms. The molecule has 1 rings (SSSR count). The van der Waals surface area contributed by atoms with E-state index in [0.29, 0.717) is 13.0 Å². The number of rotatable bonds is 5. The van der Waals surface area contributed by atoms with Crippen molar-refractivity contribution >= 4 is 30.3 Å². The molecule has 1 fully saturated rings. The molecule has 0 aliphatic carbocycles. The van der Waals surface area contributed by atoms with Crippen LogP contribution >= 0.6 is 12.6 Å². The Bertz CT molecular complexity index is 334. The second-order valence-electron chi connectivity index (χ2n) is 4.06. The average Bonchev–Trinajstić information content (AvgIpc) is 2.65. The highest BCUT2D eigenvalue weighted by atomic mass is 32.1. The fourth-order valence-electron chi connectivity index (χ4n) is 1.68. The van der Waals surface area contributed by atoms with Crippen LogP contribution in [0, 0.1) is 0 Å². The first kappa shape index (κ1) is 14.0. The van der Waals surface area contributed by atoms with Gasteiger partial charge in [0.05, 0.1) is 5.25 Å². The molecule has 0 aromatic heterocycles. The number of thiol groups is 1. The number of carbonyl (C=O) groups excluding carboxylic acids is 2. The first-order valence-electron chi connectivity index (χ1n) is 5.39. The molecule has 1 unspecified atom stereocenters. The number of hydrazine groups is 1.